The molecule has 154 valence electrons. The van der Waals surface area contributed by atoms with E-state index in [-0.39, 0.29) is 29.9 Å². The highest BCUT2D eigenvalue weighted by molar-refractivity contribution is 9.10. The number of aromatic hydroxyl groups is 1. The predicted octanol–water partition coefficient (Wildman–Crippen LogP) is 3.08. The van der Waals surface area contributed by atoms with Crippen molar-refractivity contribution in [2.75, 3.05) is 6.61 Å². The number of halogens is 1. The first-order valence-corrected chi connectivity index (χ1v) is 10.5. The number of carboxylic acids is 1. The van der Waals surface area contributed by atoms with Crippen molar-refractivity contribution in [1.82, 2.24) is 16.2 Å². The number of nitrogens with one attached hydrogen (secondary N) is 3. The topological polar surface area (TPSA) is 103 Å². The molecule has 2 aliphatic heterocycles. The Labute approximate surface area is 177 Å². The van der Waals surface area contributed by atoms with Gasteiger partial charge in [0, 0.05) is 16.4 Å². The highest BCUT2D eigenvalue weighted by atomic mass is 79.9. The normalized spacial score (nSPS) is 28.7. The fourth-order valence-corrected chi connectivity index (χ4v) is 4.63. The van der Waals surface area contributed by atoms with Crippen LogP contribution in [0.2, 0.25) is 0 Å². The first-order chi connectivity index (χ1) is 14.0. The molecule has 2 saturated heterocycles. The lowest BCUT2D eigenvalue weighted by atomic mass is 9.75. The number of carbonyl (C=O) groups is 1. The molecule has 5 unspecified atom stereocenters. The minimum absolute atomic E-state index is 0.0787. The molecule has 0 amide bonds. The van der Waals surface area contributed by atoms with Gasteiger partial charge < -0.3 is 14.9 Å². The van der Waals surface area contributed by atoms with Gasteiger partial charge in [-0.15, -0.1) is 0 Å². The number of carboxylic acid groups (broad SMARTS) is 1. The van der Waals surface area contributed by atoms with Crippen LogP contribution in [0.4, 0.5) is 0 Å². The van der Waals surface area contributed by atoms with Crippen LogP contribution in [0.3, 0.4) is 0 Å². The summed E-state index contributed by atoms with van der Waals surface area (Å²) in [4.78, 5) is 12.2. The van der Waals surface area contributed by atoms with E-state index in [4.69, 9.17) is 4.74 Å². The van der Waals surface area contributed by atoms with Crippen LogP contribution in [0.1, 0.15) is 36.6 Å². The molecule has 8 heteroatoms. The first-order valence-electron chi connectivity index (χ1n) is 9.69. The predicted molar refractivity (Wildman–Crippen MR) is 111 cm³/mol. The van der Waals surface area contributed by atoms with Crippen molar-refractivity contribution in [3.8, 4) is 11.5 Å². The van der Waals surface area contributed by atoms with Crippen molar-refractivity contribution in [1.29, 1.82) is 0 Å². The van der Waals surface area contributed by atoms with E-state index in [2.05, 4.69) is 32.1 Å². The molecular weight excluding hydrogens is 438 g/mol. The smallest absolute Gasteiger partial charge is 0.307 e. The maximum absolute atomic E-state index is 12.2. The van der Waals surface area contributed by atoms with Gasteiger partial charge in [0.05, 0.1) is 24.7 Å². The van der Waals surface area contributed by atoms with Crippen LogP contribution in [0, 0.1) is 11.8 Å². The molecule has 0 spiro atoms. The zero-order chi connectivity index (χ0) is 20.5. The summed E-state index contributed by atoms with van der Waals surface area (Å²) in [5, 5.41) is 23.5. The van der Waals surface area contributed by atoms with Crippen molar-refractivity contribution in [2.45, 2.75) is 31.6 Å². The zero-order valence-corrected chi connectivity index (χ0v) is 17.5. The third kappa shape index (κ3) is 3.98. The summed E-state index contributed by atoms with van der Waals surface area (Å²) in [6.45, 7) is 2.30. The molecule has 5 N–H and O–H groups in total. The summed E-state index contributed by atoms with van der Waals surface area (Å²) >= 11 is 3.44. The van der Waals surface area contributed by atoms with Crippen LogP contribution in [0.15, 0.2) is 46.9 Å². The molecule has 29 heavy (non-hydrogen) atoms. The molecule has 0 bridgehead atoms. The van der Waals surface area contributed by atoms with Gasteiger partial charge in [-0.05, 0) is 48.7 Å². The average Bonchev–Trinajstić information content (AvgIpc) is 3.13. The quantitative estimate of drug-likeness (QED) is 0.466. The Balaban J connectivity index is 1.61. The zero-order valence-electron chi connectivity index (χ0n) is 15.9. The summed E-state index contributed by atoms with van der Waals surface area (Å²) in [7, 11) is 0. The number of ether oxygens (including phenoxy) is 1. The third-order valence-electron chi connectivity index (χ3n) is 5.73. The molecule has 4 rings (SSSR count). The van der Waals surface area contributed by atoms with Gasteiger partial charge in [-0.2, -0.15) is 0 Å². The van der Waals surface area contributed by atoms with E-state index in [0.29, 0.717) is 18.8 Å². The van der Waals surface area contributed by atoms with Gasteiger partial charge in [0.1, 0.15) is 0 Å². The fourth-order valence-electron chi connectivity index (χ4n) is 4.37. The van der Waals surface area contributed by atoms with Gasteiger partial charge in [-0.3, -0.25) is 10.1 Å². The maximum Gasteiger partial charge on any atom is 0.307 e. The Kier molecular flexibility index (Phi) is 5.78. The highest BCUT2D eigenvalue weighted by Crippen LogP contribution is 2.43. The second kappa shape index (κ2) is 8.31. The number of hydrogen-bond acceptors (Lipinski definition) is 6. The standard InChI is InChI=1S/C21H24BrN3O4/c1-2-29-17-9-12(5-8-16(17)26)15-10-14(21(27)28)18-19(24-25-20(18)23-15)11-3-6-13(22)7-4-11/h3-9,14-15,18-20,23-26H,2,10H2,1H3,(H,27,28). The van der Waals surface area contributed by atoms with Gasteiger partial charge in [0.2, 0.25) is 0 Å². The number of aliphatic carboxylic acids is 1. The van der Waals surface area contributed by atoms with Crippen molar-refractivity contribution in [3.05, 3.63) is 58.1 Å². The Morgan fingerprint density at radius 2 is 1.90 bits per heavy atom. The molecule has 5 atom stereocenters. The maximum atomic E-state index is 12.2. The molecule has 0 aliphatic carbocycles. The SMILES string of the molecule is CCOc1cc(C2CC(C(=O)O)C3C(NNC3c3ccc(Br)cc3)N2)ccc1O. The van der Waals surface area contributed by atoms with Crippen molar-refractivity contribution in [2.24, 2.45) is 11.8 Å². The van der Waals surface area contributed by atoms with E-state index < -0.39 is 11.9 Å². The lowest BCUT2D eigenvalue weighted by molar-refractivity contribution is -0.146. The largest absolute Gasteiger partial charge is 0.504 e. The molecule has 0 aromatic heterocycles. The first kappa shape index (κ1) is 20.2. The number of phenolic OH excluding ortho intramolecular Hbond substituents is 1. The highest BCUT2D eigenvalue weighted by Gasteiger charge is 2.49. The summed E-state index contributed by atoms with van der Waals surface area (Å²) in [5.41, 5.74) is 8.45. The summed E-state index contributed by atoms with van der Waals surface area (Å²) in [6, 6.07) is 12.8. The molecule has 7 nitrogen and oxygen atoms in total. The van der Waals surface area contributed by atoms with E-state index in [1.54, 1.807) is 12.1 Å². The Hall–Kier alpha value is -2.13. The molecule has 2 aromatic carbocycles. The molecule has 2 aromatic rings. The fraction of sp³-hybridized carbons (Fsp3) is 0.381. The minimum atomic E-state index is -0.803. The van der Waals surface area contributed by atoms with E-state index in [0.717, 1.165) is 15.6 Å². The van der Waals surface area contributed by atoms with Crippen LogP contribution < -0.4 is 20.9 Å². The minimum Gasteiger partial charge on any atom is -0.504 e. The lowest BCUT2D eigenvalue weighted by Crippen LogP contribution is -2.53. The van der Waals surface area contributed by atoms with Crippen molar-refractivity contribution >= 4 is 21.9 Å². The van der Waals surface area contributed by atoms with Gasteiger partial charge in [-0.25, -0.2) is 10.9 Å². The monoisotopic (exact) mass is 461 g/mol. The van der Waals surface area contributed by atoms with Gasteiger partial charge >= 0.3 is 5.97 Å². The number of piperidine rings is 1. The lowest BCUT2D eigenvalue weighted by Gasteiger charge is -2.39. The summed E-state index contributed by atoms with van der Waals surface area (Å²) in [5.74, 6) is -0.996. The molecule has 0 radical (unpaired) electrons. The van der Waals surface area contributed by atoms with E-state index >= 15 is 0 Å². The average molecular weight is 462 g/mol. The number of benzene rings is 2. The Bertz CT molecular complexity index is 892. The van der Waals surface area contributed by atoms with Crippen LogP contribution in [0.5, 0.6) is 11.5 Å². The number of rotatable bonds is 5. The number of hydrogen-bond donors (Lipinski definition) is 5. The van der Waals surface area contributed by atoms with Crippen molar-refractivity contribution in [3.63, 3.8) is 0 Å². The Morgan fingerprint density at radius 1 is 1.17 bits per heavy atom. The summed E-state index contributed by atoms with van der Waals surface area (Å²) < 4.78 is 6.47. The second-order valence-corrected chi connectivity index (χ2v) is 8.35. The van der Waals surface area contributed by atoms with Gasteiger partial charge in [0.25, 0.3) is 0 Å². The van der Waals surface area contributed by atoms with E-state index in [1.807, 2.05) is 37.3 Å². The van der Waals surface area contributed by atoms with Crippen LogP contribution >= 0.6 is 15.9 Å². The van der Waals surface area contributed by atoms with Gasteiger partial charge in [-0.1, -0.05) is 34.1 Å². The molecule has 2 aliphatic rings. The van der Waals surface area contributed by atoms with Crippen LogP contribution in [0.25, 0.3) is 0 Å². The molecular formula is C21H24BrN3O4. The summed E-state index contributed by atoms with van der Waals surface area (Å²) in [6.07, 6.45) is 0.247. The van der Waals surface area contributed by atoms with E-state index in [1.165, 1.54) is 0 Å². The second-order valence-electron chi connectivity index (χ2n) is 7.43. The molecule has 2 heterocycles. The van der Waals surface area contributed by atoms with Gasteiger partial charge in [0.15, 0.2) is 11.5 Å². The molecule has 0 saturated carbocycles. The van der Waals surface area contributed by atoms with Crippen molar-refractivity contribution < 1.29 is 19.7 Å². The van der Waals surface area contributed by atoms with Crippen LogP contribution in [-0.2, 0) is 4.79 Å². The number of fused-ring (bicyclic) bond motifs is 1. The third-order valence-corrected chi connectivity index (χ3v) is 6.26. The van der Waals surface area contributed by atoms with E-state index in [9.17, 15) is 15.0 Å². The Morgan fingerprint density at radius 3 is 2.59 bits per heavy atom. The number of hydrazine groups is 1. The number of phenols is 1. The molecule has 2 fully saturated rings. The van der Waals surface area contributed by atoms with Crippen LogP contribution in [-0.4, -0.2) is 29.0 Å².